The molecule has 9 nitrogen and oxygen atoms in total. The number of aliphatic hydroxyl groups excluding tert-OH is 1. The van der Waals surface area contributed by atoms with Gasteiger partial charge in [0.25, 0.3) is 0 Å². The van der Waals surface area contributed by atoms with Gasteiger partial charge in [0.05, 0.1) is 48.1 Å². The van der Waals surface area contributed by atoms with Crippen molar-refractivity contribution in [2.45, 2.75) is 79.9 Å². The fraction of sp³-hybridized carbons (Fsp3) is 1.00. The van der Waals surface area contributed by atoms with Crippen molar-refractivity contribution in [1.29, 1.82) is 0 Å². The number of ether oxygens (including phenoxy) is 4. The van der Waals surface area contributed by atoms with Crippen molar-refractivity contribution in [3.63, 3.8) is 0 Å². The van der Waals surface area contributed by atoms with Crippen molar-refractivity contribution < 1.29 is 39.4 Å². The third kappa shape index (κ3) is 2.08. The van der Waals surface area contributed by atoms with Crippen molar-refractivity contribution >= 4 is 0 Å². The van der Waals surface area contributed by atoms with Crippen LogP contribution in [-0.2, 0) is 18.9 Å². The maximum absolute atomic E-state index is 13.1. The van der Waals surface area contributed by atoms with Crippen LogP contribution < -0.4 is 0 Å². The van der Waals surface area contributed by atoms with Crippen LogP contribution in [0.2, 0.25) is 0 Å². The summed E-state index contributed by atoms with van der Waals surface area (Å²) in [5, 5.41) is 49.7. The summed E-state index contributed by atoms with van der Waals surface area (Å²) < 4.78 is 24.2. The van der Waals surface area contributed by atoms with Gasteiger partial charge >= 0.3 is 0 Å². The Morgan fingerprint density at radius 2 is 1.65 bits per heavy atom. The summed E-state index contributed by atoms with van der Waals surface area (Å²) in [5.74, 6) is -1.24. The van der Waals surface area contributed by atoms with Gasteiger partial charge in [-0.25, -0.2) is 0 Å². The second-order valence-corrected chi connectivity index (χ2v) is 12.0. The summed E-state index contributed by atoms with van der Waals surface area (Å²) >= 11 is 0. The summed E-state index contributed by atoms with van der Waals surface area (Å²) in [6, 6.07) is -0.594. The molecule has 2 unspecified atom stereocenters. The molecule has 1 heterocycles. The SMILES string of the molecule is CCN1C[C@]2(CO)CC[C@H](OC)C34C1[C@@](O)([C@@H](OC)[C@@H]32)[C@@]1(O)C[C@H](OC)[C@H]2C[C@]4(O)[C@@H]1[C@H]2OC. The predicted octanol–water partition coefficient (Wildman–Crippen LogP) is -0.614. The largest absolute Gasteiger partial charge is 0.396 e. The zero-order chi connectivity index (χ0) is 24.5. The number of likely N-dealkylation sites (tertiary alicyclic amines) is 1. The van der Waals surface area contributed by atoms with Crippen molar-refractivity contribution in [2.24, 2.45) is 28.6 Å². The molecule has 13 atom stereocenters. The fourth-order valence-electron chi connectivity index (χ4n) is 11.0. The number of fused-ring (bicyclic) bond motifs is 2. The highest BCUT2D eigenvalue weighted by Crippen LogP contribution is 2.81. The lowest BCUT2D eigenvalue weighted by Crippen LogP contribution is -2.86. The Morgan fingerprint density at radius 1 is 0.912 bits per heavy atom. The zero-order valence-electron chi connectivity index (χ0n) is 20.9. The lowest BCUT2D eigenvalue weighted by atomic mass is 9.41. The van der Waals surface area contributed by atoms with Crippen LogP contribution in [0.4, 0.5) is 0 Å². The minimum atomic E-state index is -1.71. The summed E-state index contributed by atoms with van der Waals surface area (Å²) in [7, 11) is 6.48. The molecule has 5 aliphatic carbocycles. The molecule has 6 aliphatic rings. The van der Waals surface area contributed by atoms with Crippen LogP contribution in [0.5, 0.6) is 0 Å². The maximum atomic E-state index is 13.1. The van der Waals surface area contributed by atoms with Gasteiger partial charge < -0.3 is 39.4 Å². The van der Waals surface area contributed by atoms with E-state index in [0.29, 0.717) is 32.4 Å². The molecule has 0 aromatic carbocycles. The first-order chi connectivity index (χ1) is 16.2. The van der Waals surface area contributed by atoms with E-state index in [1.807, 2.05) is 6.92 Å². The highest BCUT2D eigenvalue weighted by atomic mass is 16.5. The smallest absolute Gasteiger partial charge is 0.136 e. The van der Waals surface area contributed by atoms with Crippen molar-refractivity contribution in [3.05, 3.63) is 0 Å². The Bertz CT molecular complexity index is 861. The highest BCUT2D eigenvalue weighted by Gasteiger charge is 2.95. The molecule has 6 fully saturated rings. The minimum Gasteiger partial charge on any atom is -0.396 e. The second kappa shape index (κ2) is 7.14. The highest BCUT2D eigenvalue weighted by molar-refractivity contribution is 5.45. The van der Waals surface area contributed by atoms with Gasteiger partial charge in [0.1, 0.15) is 11.2 Å². The molecule has 0 aromatic heterocycles. The Balaban J connectivity index is 1.73. The van der Waals surface area contributed by atoms with E-state index in [4.69, 9.17) is 18.9 Å². The first-order valence-corrected chi connectivity index (χ1v) is 12.8. The van der Waals surface area contributed by atoms with Crippen molar-refractivity contribution in [1.82, 2.24) is 4.90 Å². The molecular formula is C25H41NO8. The van der Waals surface area contributed by atoms with Gasteiger partial charge in [-0.1, -0.05) is 6.92 Å². The first-order valence-electron chi connectivity index (χ1n) is 12.8. The molecule has 0 amide bonds. The zero-order valence-corrected chi connectivity index (χ0v) is 20.9. The number of nitrogens with zero attached hydrogens (tertiary/aromatic N) is 1. The minimum absolute atomic E-state index is 0.0774. The molecule has 194 valence electrons. The van der Waals surface area contributed by atoms with E-state index in [2.05, 4.69) is 4.90 Å². The molecule has 4 N–H and O–H groups in total. The van der Waals surface area contributed by atoms with Gasteiger partial charge in [-0.05, 0) is 25.8 Å². The predicted molar refractivity (Wildman–Crippen MR) is 120 cm³/mol. The lowest BCUT2D eigenvalue weighted by Gasteiger charge is -2.72. The molecule has 9 heteroatoms. The van der Waals surface area contributed by atoms with E-state index in [1.54, 1.807) is 28.4 Å². The number of hydrogen-bond acceptors (Lipinski definition) is 9. The van der Waals surface area contributed by atoms with Gasteiger partial charge in [0, 0.05) is 64.6 Å². The van der Waals surface area contributed by atoms with Gasteiger partial charge in [-0.2, -0.15) is 0 Å². The van der Waals surface area contributed by atoms with Crippen LogP contribution in [-0.4, -0.2) is 121 Å². The van der Waals surface area contributed by atoms with E-state index in [9.17, 15) is 20.4 Å². The van der Waals surface area contributed by atoms with E-state index in [0.717, 1.165) is 0 Å². The first kappa shape index (κ1) is 24.0. The van der Waals surface area contributed by atoms with Crippen LogP contribution >= 0.6 is 0 Å². The molecular weight excluding hydrogens is 442 g/mol. The van der Waals surface area contributed by atoms with Crippen molar-refractivity contribution in [3.8, 4) is 0 Å². The number of methoxy groups -OCH3 is 4. The monoisotopic (exact) mass is 483 g/mol. The Morgan fingerprint density at radius 3 is 2.21 bits per heavy atom. The van der Waals surface area contributed by atoms with E-state index < -0.39 is 51.8 Å². The molecule has 0 aromatic rings. The molecule has 1 spiro atoms. The number of hydrogen-bond donors (Lipinski definition) is 4. The molecule has 1 aliphatic heterocycles. The average Bonchev–Trinajstić information content (AvgIpc) is 3.20. The Hall–Kier alpha value is -0.360. The van der Waals surface area contributed by atoms with E-state index in [-0.39, 0.29) is 37.1 Å². The van der Waals surface area contributed by atoms with Gasteiger partial charge in [-0.15, -0.1) is 0 Å². The van der Waals surface area contributed by atoms with Crippen molar-refractivity contribution in [2.75, 3.05) is 48.1 Å². The third-order valence-corrected chi connectivity index (χ3v) is 11.7. The summed E-state index contributed by atoms with van der Waals surface area (Å²) in [4.78, 5) is 2.18. The fourth-order valence-corrected chi connectivity index (χ4v) is 11.0. The molecule has 5 saturated carbocycles. The van der Waals surface area contributed by atoms with Crippen LogP contribution in [0.1, 0.15) is 32.6 Å². The average molecular weight is 484 g/mol. The van der Waals surface area contributed by atoms with Crippen LogP contribution in [0.25, 0.3) is 0 Å². The molecule has 6 rings (SSSR count). The summed E-state index contributed by atoms with van der Waals surface area (Å²) in [5.41, 5.74) is -6.34. The molecule has 34 heavy (non-hydrogen) atoms. The standard InChI is InChI=1S/C25H41NO8/c1-6-26-11-21(12-27)8-7-15(32-3)24-18(21)19(34-5)25(30,20(24)26)23(29)10-14(31-2)13-9-22(24,28)17(23)16(13)33-4/h13-20,27-30H,6-12H2,1-5H3/t13-,14+,15+,16+,17+,18-,19+,20?,21+,22+,23-,24?,25+/m1/s1. The number of likely N-dealkylation sites (N-methyl/N-ethyl adjacent to an activating group) is 1. The van der Waals surface area contributed by atoms with E-state index in [1.165, 1.54) is 0 Å². The summed E-state index contributed by atoms with van der Waals surface area (Å²) in [6.45, 7) is 3.15. The molecule has 0 radical (unpaired) electrons. The topological polar surface area (TPSA) is 121 Å². The quantitative estimate of drug-likeness (QED) is 0.392. The molecule has 7 bridgehead atoms. The number of rotatable bonds is 6. The number of piperidine rings is 1. The second-order valence-electron chi connectivity index (χ2n) is 12.0. The van der Waals surface area contributed by atoms with Crippen LogP contribution in [0.3, 0.4) is 0 Å². The van der Waals surface area contributed by atoms with E-state index >= 15 is 0 Å². The third-order valence-electron chi connectivity index (χ3n) is 11.7. The Kier molecular flexibility index (Phi) is 5.04. The Labute approximate surface area is 201 Å². The van der Waals surface area contributed by atoms with Gasteiger partial charge in [-0.3, -0.25) is 4.90 Å². The maximum Gasteiger partial charge on any atom is 0.136 e. The number of aliphatic hydroxyl groups is 4. The van der Waals surface area contributed by atoms with Crippen LogP contribution in [0, 0.1) is 28.6 Å². The van der Waals surface area contributed by atoms with Gasteiger partial charge in [0.15, 0.2) is 0 Å². The van der Waals surface area contributed by atoms with Gasteiger partial charge in [0.2, 0.25) is 0 Å². The molecule has 1 saturated heterocycles. The van der Waals surface area contributed by atoms with Crippen LogP contribution in [0.15, 0.2) is 0 Å². The lowest BCUT2D eigenvalue weighted by molar-refractivity contribution is -0.357. The normalized spacial score (nSPS) is 61.7. The summed E-state index contributed by atoms with van der Waals surface area (Å²) in [6.07, 6.45) is -0.0670.